The molecule has 0 saturated heterocycles. The average Bonchev–Trinajstić information content (AvgIpc) is 2.82. The van der Waals surface area contributed by atoms with Crippen molar-refractivity contribution in [3.8, 4) is 0 Å². The van der Waals surface area contributed by atoms with Crippen LogP contribution in [0, 0.1) is 0 Å². The molecular formula is C17H28Cl2N2SiTi-2. The second-order valence-electron chi connectivity index (χ2n) is 6.02. The van der Waals surface area contributed by atoms with Crippen LogP contribution in [-0.2, 0) is 17.0 Å². The van der Waals surface area contributed by atoms with E-state index in [-0.39, 0.29) is 5.54 Å². The zero-order chi connectivity index (χ0) is 18.5. The van der Waals surface area contributed by atoms with Gasteiger partial charge in [0.05, 0.1) is 0 Å². The van der Waals surface area contributed by atoms with Gasteiger partial charge in [-0.1, -0.05) is 45.6 Å². The Morgan fingerprint density at radius 3 is 1.91 bits per heavy atom. The quantitative estimate of drug-likeness (QED) is 0.385. The SMILES string of the molecule is CC(C)(C)[NH-].CN(C)c1c[cH-]c2ccccc12.C[Si]C.[Cl][Ti][Cl]. The van der Waals surface area contributed by atoms with Crippen molar-refractivity contribution in [2.45, 2.75) is 39.4 Å². The third-order valence-electron chi connectivity index (χ3n) is 2.14. The summed E-state index contributed by atoms with van der Waals surface area (Å²) in [7, 11) is 15.0. The van der Waals surface area contributed by atoms with Crippen molar-refractivity contribution in [1.29, 1.82) is 0 Å². The molecule has 2 radical (unpaired) electrons. The van der Waals surface area contributed by atoms with Crippen LogP contribution in [0.3, 0.4) is 0 Å². The summed E-state index contributed by atoms with van der Waals surface area (Å²) in [5.41, 5.74) is 7.98. The fourth-order valence-electron chi connectivity index (χ4n) is 1.52. The van der Waals surface area contributed by atoms with Gasteiger partial charge in [-0.15, -0.1) is 46.6 Å². The van der Waals surface area contributed by atoms with Crippen molar-refractivity contribution in [3.63, 3.8) is 0 Å². The number of halogens is 2. The number of benzene rings is 1. The Kier molecular flexibility index (Phi) is 15.9. The molecule has 0 aliphatic rings. The first kappa shape index (κ1) is 25.3. The Hall–Kier alpha value is 0.101. The average molecular weight is 407 g/mol. The van der Waals surface area contributed by atoms with E-state index >= 15 is 0 Å². The number of rotatable bonds is 1. The van der Waals surface area contributed by atoms with E-state index in [2.05, 4.69) is 68.5 Å². The molecule has 0 atom stereocenters. The number of fused-ring (bicyclic) bond motifs is 1. The molecule has 23 heavy (non-hydrogen) atoms. The normalized spacial score (nSPS) is 9.48. The summed E-state index contributed by atoms with van der Waals surface area (Å²) in [6.45, 7) is 9.87. The van der Waals surface area contributed by atoms with Gasteiger partial charge in [-0.25, -0.2) is 0 Å². The Balaban J connectivity index is 0. The zero-order valence-corrected chi connectivity index (χ0v) is 19.2. The number of hydrogen-bond acceptors (Lipinski definition) is 1. The van der Waals surface area contributed by atoms with Gasteiger partial charge in [-0.3, -0.25) is 0 Å². The fraction of sp³-hybridized carbons (Fsp3) is 0.471. The van der Waals surface area contributed by atoms with Crippen molar-refractivity contribution >= 4 is 44.6 Å². The van der Waals surface area contributed by atoms with Crippen molar-refractivity contribution < 1.29 is 17.0 Å². The third kappa shape index (κ3) is 15.4. The summed E-state index contributed by atoms with van der Waals surface area (Å²) in [6.07, 6.45) is 0. The Labute approximate surface area is 161 Å². The topological polar surface area (TPSA) is 27.0 Å². The third-order valence-corrected chi connectivity index (χ3v) is 2.14. The Morgan fingerprint density at radius 2 is 1.52 bits per heavy atom. The molecule has 130 valence electrons. The molecule has 0 amide bonds. The van der Waals surface area contributed by atoms with Gasteiger partial charge in [0.1, 0.15) is 0 Å². The maximum absolute atomic E-state index is 6.94. The predicted octanol–water partition coefficient (Wildman–Crippen LogP) is 6.63. The molecule has 1 N–H and O–H groups in total. The van der Waals surface area contributed by atoms with Crippen molar-refractivity contribution in [2.75, 3.05) is 19.0 Å². The molecule has 2 aromatic rings. The molecule has 0 unspecified atom stereocenters. The van der Waals surface area contributed by atoms with Crippen molar-refractivity contribution in [2.24, 2.45) is 0 Å². The zero-order valence-electron chi connectivity index (χ0n) is 15.2. The van der Waals surface area contributed by atoms with E-state index in [0.29, 0.717) is 0 Å². The summed E-state index contributed by atoms with van der Waals surface area (Å²) in [5.74, 6) is 0. The molecule has 0 spiro atoms. The molecule has 0 aromatic heterocycles. The van der Waals surface area contributed by atoms with E-state index in [4.69, 9.17) is 24.3 Å². The van der Waals surface area contributed by atoms with E-state index in [9.17, 15) is 0 Å². The van der Waals surface area contributed by atoms with Gasteiger partial charge in [0, 0.05) is 9.52 Å². The van der Waals surface area contributed by atoms with Crippen LogP contribution < -0.4 is 4.90 Å². The summed E-state index contributed by atoms with van der Waals surface area (Å²) >= 11 is -0.556. The van der Waals surface area contributed by atoms with Gasteiger partial charge >= 0.3 is 35.6 Å². The van der Waals surface area contributed by atoms with Crippen molar-refractivity contribution in [3.05, 3.63) is 42.1 Å². The number of nitrogens with one attached hydrogen (secondary N) is 1. The fourth-order valence-corrected chi connectivity index (χ4v) is 1.52. The Bertz CT molecular complexity index is 503. The van der Waals surface area contributed by atoms with Crippen molar-refractivity contribution in [1.82, 2.24) is 0 Å². The van der Waals surface area contributed by atoms with Gasteiger partial charge in [0.15, 0.2) is 0 Å². The van der Waals surface area contributed by atoms with Crippen LogP contribution in [-0.4, -0.2) is 29.2 Å². The predicted molar refractivity (Wildman–Crippen MR) is 107 cm³/mol. The van der Waals surface area contributed by atoms with Gasteiger partial charge in [-0.05, 0) is 14.1 Å². The van der Waals surface area contributed by atoms with E-state index in [1.54, 1.807) is 0 Å². The summed E-state index contributed by atoms with van der Waals surface area (Å²) in [6, 6.07) is 12.8. The van der Waals surface area contributed by atoms with E-state index in [1.165, 1.54) is 16.5 Å². The number of hydrogen-bond donors (Lipinski definition) is 0. The molecule has 0 heterocycles. The first-order valence-electron chi connectivity index (χ1n) is 7.23. The summed E-state index contributed by atoms with van der Waals surface area (Å²) in [5, 5.41) is 2.66. The first-order valence-corrected chi connectivity index (χ1v) is 13.5. The second kappa shape index (κ2) is 14.4. The molecule has 0 fully saturated rings. The molecule has 0 saturated carbocycles. The van der Waals surface area contributed by atoms with Crippen LogP contribution in [0.15, 0.2) is 36.4 Å². The van der Waals surface area contributed by atoms with Crippen LogP contribution >= 0.6 is 18.6 Å². The van der Waals surface area contributed by atoms with E-state index < -0.39 is 17.0 Å². The molecule has 0 bridgehead atoms. The molecular weight excluding hydrogens is 379 g/mol. The standard InChI is InChI=1S/C11H12N.C4H10N.C2H6Si.2ClH.Ti/c1-12(2)11-8-7-9-5-3-4-6-10(9)11;1-4(2,3)5;1-3-2;;;/h3-8H,1-2H3;5H,1-3H3;1-2H3;2*1H;/q2*-1;;;;+2/p-2. The maximum atomic E-state index is 6.94. The molecule has 2 nitrogen and oxygen atoms in total. The number of anilines is 1. The van der Waals surface area contributed by atoms with Gasteiger partial charge < -0.3 is 10.6 Å². The Morgan fingerprint density at radius 1 is 1.13 bits per heavy atom. The van der Waals surface area contributed by atoms with Crippen LogP contribution in [0.1, 0.15) is 20.8 Å². The van der Waals surface area contributed by atoms with Crippen LogP contribution in [0.25, 0.3) is 16.5 Å². The molecule has 2 rings (SSSR count). The van der Waals surface area contributed by atoms with Crippen LogP contribution in [0.4, 0.5) is 5.69 Å². The minimum atomic E-state index is -0.556. The molecule has 0 aliphatic heterocycles. The van der Waals surface area contributed by atoms with E-state index in [0.717, 1.165) is 9.52 Å². The van der Waals surface area contributed by atoms with Gasteiger partial charge in [-0.2, -0.15) is 0 Å². The minimum absolute atomic E-state index is 0.250. The molecule has 6 heteroatoms. The summed E-state index contributed by atoms with van der Waals surface area (Å²) in [4.78, 5) is 2.14. The number of nitrogens with zero attached hydrogens (tertiary/aromatic N) is 1. The molecule has 0 aliphatic carbocycles. The van der Waals surface area contributed by atoms with Gasteiger partial charge in [0.25, 0.3) is 0 Å². The van der Waals surface area contributed by atoms with Crippen LogP contribution in [0.5, 0.6) is 0 Å². The second-order valence-corrected chi connectivity index (χ2v) is 9.60. The molecule has 2 aromatic carbocycles. The summed E-state index contributed by atoms with van der Waals surface area (Å²) < 4.78 is 0. The van der Waals surface area contributed by atoms with E-state index in [1.807, 2.05) is 20.8 Å². The first-order chi connectivity index (χ1) is 10.6. The monoisotopic (exact) mass is 406 g/mol. The van der Waals surface area contributed by atoms with Gasteiger partial charge in [0.2, 0.25) is 0 Å². The van der Waals surface area contributed by atoms with Crippen LogP contribution in [0.2, 0.25) is 13.1 Å².